The Morgan fingerprint density at radius 1 is 1.16 bits per heavy atom. The van der Waals surface area contributed by atoms with Gasteiger partial charge in [-0.2, -0.15) is 5.26 Å². The van der Waals surface area contributed by atoms with Crippen LogP contribution in [0.5, 0.6) is 5.75 Å². The Morgan fingerprint density at radius 2 is 1.95 bits per heavy atom. The number of rotatable bonds is 3. The first-order valence-electron chi connectivity index (χ1n) is 6.08. The molecule has 0 amide bonds. The van der Waals surface area contributed by atoms with Gasteiger partial charge in [-0.3, -0.25) is 0 Å². The molecule has 2 rings (SSSR count). The van der Waals surface area contributed by atoms with Crippen molar-refractivity contribution in [3.63, 3.8) is 0 Å². The third-order valence-corrected chi connectivity index (χ3v) is 3.02. The molecule has 0 radical (unpaired) electrons. The van der Waals surface area contributed by atoms with Crippen LogP contribution in [0.15, 0.2) is 36.4 Å². The molecule has 3 nitrogen and oxygen atoms in total. The van der Waals surface area contributed by atoms with Crippen LogP contribution in [0.25, 0.3) is 0 Å². The Hall–Kier alpha value is -2.47. The lowest BCUT2D eigenvalue weighted by atomic mass is 10.1. The number of hydrogen-bond donors (Lipinski definition) is 1. The molecule has 0 saturated carbocycles. The maximum absolute atomic E-state index is 8.83. The molecule has 0 atom stereocenters. The van der Waals surface area contributed by atoms with E-state index in [1.807, 2.05) is 44.2 Å². The number of benzene rings is 2. The average molecular weight is 252 g/mol. The number of anilines is 1. The highest BCUT2D eigenvalue weighted by Crippen LogP contribution is 2.24. The molecule has 0 spiro atoms. The first kappa shape index (κ1) is 13.0. The molecular weight excluding hydrogens is 236 g/mol. The van der Waals surface area contributed by atoms with E-state index in [1.165, 1.54) is 0 Å². The zero-order valence-corrected chi connectivity index (χ0v) is 11.1. The van der Waals surface area contributed by atoms with Gasteiger partial charge in [0, 0.05) is 0 Å². The quantitative estimate of drug-likeness (QED) is 0.852. The van der Waals surface area contributed by atoms with Gasteiger partial charge in [0.1, 0.15) is 12.4 Å². The summed E-state index contributed by atoms with van der Waals surface area (Å²) in [6.45, 7) is 4.42. The average Bonchev–Trinajstić information content (AvgIpc) is 2.40. The maximum atomic E-state index is 8.83. The minimum Gasteiger partial charge on any atom is -0.487 e. The van der Waals surface area contributed by atoms with Crippen molar-refractivity contribution >= 4 is 5.69 Å². The van der Waals surface area contributed by atoms with E-state index in [0.29, 0.717) is 23.6 Å². The summed E-state index contributed by atoms with van der Waals surface area (Å²) in [6, 6.07) is 13.4. The lowest BCUT2D eigenvalue weighted by Crippen LogP contribution is -2.01. The van der Waals surface area contributed by atoms with Crippen LogP contribution in [-0.2, 0) is 6.61 Å². The minimum absolute atomic E-state index is 0.450. The molecule has 0 fully saturated rings. The van der Waals surface area contributed by atoms with Crippen LogP contribution in [0.4, 0.5) is 5.69 Å². The van der Waals surface area contributed by atoms with E-state index in [0.717, 1.165) is 16.7 Å². The van der Waals surface area contributed by atoms with Crippen molar-refractivity contribution in [3.8, 4) is 11.8 Å². The van der Waals surface area contributed by atoms with Crippen LogP contribution in [0, 0.1) is 25.2 Å². The van der Waals surface area contributed by atoms with Crippen LogP contribution >= 0.6 is 0 Å². The minimum atomic E-state index is 0.450. The van der Waals surface area contributed by atoms with Crippen molar-refractivity contribution in [3.05, 3.63) is 58.7 Å². The second-order valence-corrected chi connectivity index (χ2v) is 4.58. The molecule has 0 aliphatic carbocycles. The van der Waals surface area contributed by atoms with Crippen LogP contribution in [-0.4, -0.2) is 0 Å². The Morgan fingerprint density at radius 3 is 2.63 bits per heavy atom. The van der Waals surface area contributed by atoms with Gasteiger partial charge in [0.2, 0.25) is 0 Å². The van der Waals surface area contributed by atoms with Crippen molar-refractivity contribution in [2.24, 2.45) is 0 Å². The number of nitriles is 1. The molecule has 0 bridgehead atoms. The number of nitrogens with zero attached hydrogens (tertiary/aromatic N) is 1. The van der Waals surface area contributed by atoms with Gasteiger partial charge in [0.15, 0.2) is 0 Å². The van der Waals surface area contributed by atoms with Crippen LogP contribution in [0.3, 0.4) is 0 Å². The van der Waals surface area contributed by atoms with Gasteiger partial charge in [-0.05, 0) is 54.8 Å². The number of ether oxygens (including phenoxy) is 1. The van der Waals surface area contributed by atoms with Gasteiger partial charge in [-0.15, -0.1) is 0 Å². The van der Waals surface area contributed by atoms with Crippen molar-refractivity contribution in [2.45, 2.75) is 20.5 Å². The Balaban J connectivity index is 2.15. The first-order chi connectivity index (χ1) is 9.10. The maximum Gasteiger partial charge on any atom is 0.142 e. The zero-order chi connectivity index (χ0) is 13.8. The summed E-state index contributed by atoms with van der Waals surface area (Å²) in [5.41, 5.74) is 10.4. The predicted molar refractivity (Wildman–Crippen MR) is 75.8 cm³/mol. The molecule has 2 N–H and O–H groups in total. The number of hydrogen-bond acceptors (Lipinski definition) is 3. The summed E-state index contributed by atoms with van der Waals surface area (Å²) in [5, 5.41) is 8.83. The Labute approximate surface area is 113 Å². The highest BCUT2D eigenvalue weighted by atomic mass is 16.5. The lowest BCUT2D eigenvalue weighted by Gasteiger charge is -2.11. The van der Waals surface area contributed by atoms with E-state index >= 15 is 0 Å². The monoisotopic (exact) mass is 252 g/mol. The molecule has 0 aliphatic rings. The van der Waals surface area contributed by atoms with Crippen molar-refractivity contribution in [1.29, 1.82) is 5.26 Å². The van der Waals surface area contributed by atoms with E-state index in [9.17, 15) is 0 Å². The largest absolute Gasteiger partial charge is 0.487 e. The van der Waals surface area contributed by atoms with E-state index < -0.39 is 0 Å². The number of nitrogen functional groups attached to an aromatic ring is 1. The van der Waals surface area contributed by atoms with E-state index in [1.54, 1.807) is 6.07 Å². The molecule has 3 heteroatoms. The van der Waals surface area contributed by atoms with Crippen LogP contribution in [0.1, 0.15) is 22.3 Å². The number of nitrogens with two attached hydrogens (primary N) is 1. The van der Waals surface area contributed by atoms with E-state index in [4.69, 9.17) is 15.7 Å². The third-order valence-electron chi connectivity index (χ3n) is 3.02. The molecule has 0 heterocycles. The second-order valence-electron chi connectivity index (χ2n) is 4.58. The van der Waals surface area contributed by atoms with E-state index in [-0.39, 0.29) is 0 Å². The van der Waals surface area contributed by atoms with Gasteiger partial charge in [-0.1, -0.05) is 12.1 Å². The SMILES string of the molecule is Cc1ccc(N)c(OCc2ccc(C#N)cc2C)c1. The van der Waals surface area contributed by atoms with Gasteiger partial charge in [0.05, 0.1) is 17.3 Å². The van der Waals surface area contributed by atoms with Crippen LogP contribution < -0.4 is 10.5 Å². The Bertz CT molecular complexity index is 642. The van der Waals surface area contributed by atoms with Gasteiger partial charge in [0.25, 0.3) is 0 Å². The zero-order valence-electron chi connectivity index (χ0n) is 11.1. The molecule has 0 saturated heterocycles. The summed E-state index contributed by atoms with van der Waals surface area (Å²) in [5.74, 6) is 0.698. The Kier molecular flexibility index (Phi) is 3.72. The highest BCUT2D eigenvalue weighted by Gasteiger charge is 2.04. The second kappa shape index (κ2) is 5.45. The standard InChI is InChI=1S/C16H16N2O/c1-11-3-6-15(18)16(7-11)19-10-14-5-4-13(9-17)8-12(14)2/h3-8H,10,18H2,1-2H3. The van der Waals surface area contributed by atoms with Gasteiger partial charge in [-0.25, -0.2) is 0 Å². The smallest absolute Gasteiger partial charge is 0.142 e. The van der Waals surface area contributed by atoms with Crippen molar-refractivity contribution in [2.75, 3.05) is 5.73 Å². The van der Waals surface area contributed by atoms with Crippen molar-refractivity contribution < 1.29 is 4.74 Å². The molecule has 19 heavy (non-hydrogen) atoms. The number of aryl methyl sites for hydroxylation is 2. The summed E-state index contributed by atoms with van der Waals surface area (Å²) >= 11 is 0. The molecule has 2 aromatic carbocycles. The summed E-state index contributed by atoms with van der Waals surface area (Å²) in [6.07, 6.45) is 0. The fourth-order valence-corrected chi connectivity index (χ4v) is 1.85. The molecule has 0 unspecified atom stereocenters. The fourth-order valence-electron chi connectivity index (χ4n) is 1.85. The predicted octanol–water partition coefficient (Wildman–Crippen LogP) is 3.34. The first-order valence-corrected chi connectivity index (χ1v) is 6.08. The highest BCUT2D eigenvalue weighted by molar-refractivity contribution is 5.53. The molecule has 2 aromatic rings. The summed E-state index contributed by atoms with van der Waals surface area (Å²) in [7, 11) is 0. The summed E-state index contributed by atoms with van der Waals surface area (Å²) in [4.78, 5) is 0. The molecular formula is C16H16N2O. The van der Waals surface area contributed by atoms with Gasteiger partial charge < -0.3 is 10.5 Å². The molecule has 0 aliphatic heterocycles. The topological polar surface area (TPSA) is 59.0 Å². The summed E-state index contributed by atoms with van der Waals surface area (Å²) < 4.78 is 5.75. The fraction of sp³-hybridized carbons (Fsp3) is 0.188. The van der Waals surface area contributed by atoms with Crippen LogP contribution in [0.2, 0.25) is 0 Å². The van der Waals surface area contributed by atoms with Gasteiger partial charge >= 0.3 is 0 Å². The molecule has 0 aromatic heterocycles. The third kappa shape index (κ3) is 3.05. The van der Waals surface area contributed by atoms with E-state index in [2.05, 4.69) is 6.07 Å². The molecule has 96 valence electrons. The lowest BCUT2D eigenvalue weighted by molar-refractivity contribution is 0.307. The normalized spacial score (nSPS) is 9.95. The van der Waals surface area contributed by atoms with Crippen molar-refractivity contribution in [1.82, 2.24) is 0 Å².